The van der Waals surface area contributed by atoms with Crippen LogP contribution in [-0.4, -0.2) is 23.6 Å². The molecule has 0 saturated heterocycles. The van der Waals surface area contributed by atoms with Crippen molar-refractivity contribution in [2.45, 2.75) is 31.6 Å². The Labute approximate surface area is 191 Å². The first-order valence-corrected chi connectivity index (χ1v) is 11.0. The number of hydrogen-bond donors (Lipinski definition) is 2. The van der Waals surface area contributed by atoms with Crippen molar-refractivity contribution in [2.75, 3.05) is 11.9 Å². The minimum absolute atomic E-state index is 0.0199. The van der Waals surface area contributed by atoms with Gasteiger partial charge in [-0.3, -0.25) is 4.79 Å². The lowest BCUT2D eigenvalue weighted by atomic mass is 9.92. The van der Waals surface area contributed by atoms with Crippen LogP contribution < -0.4 is 10.1 Å². The third-order valence-electron chi connectivity index (χ3n) is 6.43. The molecule has 3 aromatic carbocycles. The molecule has 1 saturated carbocycles. The summed E-state index contributed by atoms with van der Waals surface area (Å²) in [5, 5.41) is 12.7. The quantitative estimate of drug-likeness (QED) is 0.532. The summed E-state index contributed by atoms with van der Waals surface area (Å²) in [6.07, 6.45) is 2.51. The third kappa shape index (κ3) is 3.53. The Kier molecular flexibility index (Phi) is 4.94. The summed E-state index contributed by atoms with van der Waals surface area (Å²) in [5.74, 6) is -0.181. The molecule has 1 aliphatic heterocycles. The highest BCUT2D eigenvalue weighted by molar-refractivity contribution is 6.33. The summed E-state index contributed by atoms with van der Waals surface area (Å²) in [4.78, 5) is 24.8. The minimum Gasteiger partial charge on any atom is -0.493 e. The molecule has 32 heavy (non-hydrogen) atoms. The van der Waals surface area contributed by atoms with Crippen LogP contribution >= 0.6 is 11.6 Å². The number of fused-ring (bicyclic) bond motifs is 1. The van der Waals surface area contributed by atoms with Gasteiger partial charge in [0.1, 0.15) is 5.75 Å². The van der Waals surface area contributed by atoms with Crippen molar-refractivity contribution >= 4 is 29.2 Å². The van der Waals surface area contributed by atoms with Gasteiger partial charge < -0.3 is 15.2 Å². The zero-order valence-electron chi connectivity index (χ0n) is 17.6. The highest BCUT2D eigenvalue weighted by atomic mass is 35.5. The van der Waals surface area contributed by atoms with E-state index in [9.17, 15) is 14.7 Å². The van der Waals surface area contributed by atoms with Crippen molar-refractivity contribution in [1.82, 2.24) is 0 Å². The summed E-state index contributed by atoms with van der Waals surface area (Å²) in [6, 6.07) is 16.7. The molecule has 1 amide bonds. The molecular formula is C26H22ClNO4. The largest absolute Gasteiger partial charge is 0.493 e. The Morgan fingerprint density at radius 1 is 1.06 bits per heavy atom. The molecule has 0 unspecified atom stereocenters. The van der Waals surface area contributed by atoms with Crippen molar-refractivity contribution in [2.24, 2.45) is 0 Å². The van der Waals surface area contributed by atoms with Crippen LogP contribution in [-0.2, 0) is 16.6 Å². The minimum atomic E-state index is -1.07. The first-order chi connectivity index (χ1) is 15.4. The Bertz CT molecular complexity index is 1260. The van der Waals surface area contributed by atoms with Gasteiger partial charge in [-0.25, -0.2) is 4.79 Å². The number of ether oxygens (including phenoxy) is 1. The molecule has 162 valence electrons. The Balaban J connectivity index is 1.43. The average Bonchev–Trinajstić information content (AvgIpc) is 3.46. The molecule has 1 heterocycles. The number of aromatic carboxylic acids is 1. The molecular weight excluding hydrogens is 426 g/mol. The van der Waals surface area contributed by atoms with Gasteiger partial charge in [0.05, 0.1) is 22.6 Å². The molecule has 3 aromatic rings. The van der Waals surface area contributed by atoms with Crippen LogP contribution in [0.4, 0.5) is 5.69 Å². The molecule has 2 aliphatic rings. The fraction of sp³-hybridized carbons (Fsp3) is 0.231. The van der Waals surface area contributed by atoms with E-state index in [1.54, 1.807) is 18.2 Å². The van der Waals surface area contributed by atoms with Crippen LogP contribution in [0.5, 0.6) is 5.75 Å². The standard InChI is InChI=1S/C26H22ClNO4/c1-15-2-5-19(14-20(15)16-3-6-22(27)21(13-16)24(29)30)28-25(31)26(9-10-26)18-4-7-23-17(12-18)8-11-32-23/h2-7,12-14H,8-11H2,1H3,(H,28,31)(H,29,30). The second-order valence-electron chi connectivity index (χ2n) is 8.49. The SMILES string of the molecule is Cc1ccc(NC(=O)C2(c3ccc4c(c3)CCO4)CC2)cc1-c1ccc(Cl)c(C(=O)O)c1. The van der Waals surface area contributed by atoms with Gasteiger partial charge in [0.15, 0.2) is 0 Å². The monoisotopic (exact) mass is 447 g/mol. The lowest BCUT2D eigenvalue weighted by Gasteiger charge is -2.18. The Morgan fingerprint density at radius 3 is 2.62 bits per heavy atom. The van der Waals surface area contributed by atoms with Crippen LogP contribution in [0.25, 0.3) is 11.1 Å². The number of carboxylic acid groups (broad SMARTS) is 1. The number of carboxylic acids is 1. The van der Waals surface area contributed by atoms with E-state index in [0.717, 1.165) is 52.8 Å². The summed E-state index contributed by atoms with van der Waals surface area (Å²) in [6.45, 7) is 2.64. The summed E-state index contributed by atoms with van der Waals surface area (Å²) in [7, 11) is 0. The van der Waals surface area contributed by atoms with Crippen molar-refractivity contribution in [3.63, 3.8) is 0 Å². The second-order valence-corrected chi connectivity index (χ2v) is 8.89. The highest BCUT2D eigenvalue weighted by Crippen LogP contribution is 2.50. The van der Waals surface area contributed by atoms with Crippen LogP contribution in [0.2, 0.25) is 5.02 Å². The zero-order valence-corrected chi connectivity index (χ0v) is 18.3. The summed E-state index contributed by atoms with van der Waals surface area (Å²) >= 11 is 6.02. The van der Waals surface area contributed by atoms with E-state index in [1.807, 2.05) is 37.3 Å². The van der Waals surface area contributed by atoms with E-state index in [0.29, 0.717) is 12.3 Å². The number of benzene rings is 3. The van der Waals surface area contributed by atoms with Crippen LogP contribution in [0.15, 0.2) is 54.6 Å². The van der Waals surface area contributed by atoms with Gasteiger partial charge in [0.2, 0.25) is 5.91 Å². The lowest BCUT2D eigenvalue weighted by Crippen LogP contribution is -2.27. The van der Waals surface area contributed by atoms with E-state index in [1.165, 1.54) is 0 Å². The lowest BCUT2D eigenvalue weighted by molar-refractivity contribution is -0.118. The van der Waals surface area contributed by atoms with Gasteiger partial charge in [0, 0.05) is 12.1 Å². The molecule has 0 bridgehead atoms. The average molecular weight is 448 g/mol. The summed E-state index contributed by atoms with van der Waals surface area (Å²) < 4.78 is 5.59. The number of carbonyl (C=O) groups excluding carboxylic acids is 1. The number of aryl methyl sites for hydroxylation is 1. The number of halogens is 1. The molecule has 1 fully saturated rings. The normalized spacial score (nSPS) is 15.6. The van der Waals surface area contributed by atoms with E-state index >= 15 is 0 Å². The number of hydrogen-bond acceptors (Lipinski definition) is 3. The molecule has 0 aromatic heterocycles. The van der Waals surface area contributed by atoms with E-state index in [-0.39, 0.29) is 16.5 Å². The topological polar surface area (TPSA) is 75.6 Å². The highest BCUT2D eigenvalue weighted by Gasteiger charge is 2.51. The Morgan fingerprint density at radius 2 is 1.88 bits per heavy atom. The molecule has 5 nitrogen and oxygen atoms in total. The van der Waals surface area contributed by atoms with Gasteiger partial charge >= 0.3 is 5.97 Å². The number of anilines is 1. The molecule has 0 spiro atoms. The van der Waals surface area contributed by atoms with Crippen molar-refractivity contribution in [3.8, 4) is 16.9 Å². The maximum atomic E-state index is 13.3. The molecule has 2 N–H and O–H groups in total. The number of nitrogens with one attached hydrogen (secondary N) is 1. The van der Waals surface area contributed by atoms with Crippen LogP contribution in [0.3, 0.4) is 0 Å². The first-order valence-electron chi connectivity index (χ1n) is 10.6. The Hall–Kier alpha value is -3.31. The van der Waals surface area contributed by atoms with E-state index in [2.05, 4.69) is 11.4 Å². The third-order valence-corrected chi connectivity index (χ3v) is 6.76. The van der Waals surface area contributed by atoms with Crippen LogP contribution in [0.1, 0.15) is 39.9 Å². The number of carbonyl (C=O) groups is 2. The fourth-order valence-electron chi connectivity index (χ4n) is 4.37. The van der Waals surface area contributed by atoms with Gasteiger partial charge in [-0.2, -0.15) is 0 Å². The van der Waals surface area contributed by atoms with E-state index < -0.39 is 11.4 Å². The smallest absolute Gasteiger partial charge is 0.337 e. The van der Waals surface area contributed by atoms with Gasteiger partial charge in [-0.15, -0.1) is 0 Å². The molecule has 5 rings (SSSR count). The summed E-state index contributed by atoms with van der Waals surface area (Å²) in [5.41, 5.74) is 4.99. The first kappa shape index (κ1) is 20.6. The fourth-order valence-corrected chi connectivity index (χ4v) is 4.57. The molecule has 0 radical (unpaired) electrons. The number of amides is 1. The predicted octanol–water partition coefficient (Wildman–Crippen LogP) is 5.62. The van der Waals surface area contributed by atoms with Crippen molar-refractivity contribution in [1.29, 1.82) is 0 Å². The zero-order chi connectivity index (χ0) is 22.5. The van der Waals surface area contributed by atoms with Gasteiger partial charge in [0.25, 0.3) is 0 Å². The number of rotatable bonds is 5. The van der Waals surface area contributed by atoms with E-state index in [4.69, 9.17) is 16.3 Å². The molecule has 6 heteroatoms. The van der Waals surface area contributed by atoms with Crippen molar-refractivity contribution < 1.29 is 19.4 Å². The second kappa shape index (κ2) is 7.68. The van der Waals surface area contributed by atoms with Gasteiger partial charge in [-0.1, -0.05) is 35.9 Å². The maximum absolute atomic E-state index is 13.3. The predicted molar refractivity (Wildman–Crippen MR) is 124 cm³/mol. The molecule has 1 aliphatic carbocycles. The molecule has 0 atom stereocenters. The maximum Gasteiger partial charge on any atom is 0.337 e. The van der Waals surface area contributed by atoms with Crippen LogP contribution in [0, 0.1) is 6.92 Å². The van der Waals surface area contributed by atoms with Crippen molar-refractivity contribution in [3.05, 3.63) is 81.9 Å². The van der Waals surface area contributed by atoms with Gasteiger partial charge in [-0.05, 0) is 77.9 Å².